The third-order valence-electron chi connectivity index (χ3n) is 5.08. The lowest BCUT2D eigenvalue weighted by Crippen LogP contribution is -2.30. The van der Waals surface area contributed by atoms with Crippen LogP contribution in [0.3, 0.4) is 0 Å². The van der Waals surface area contributed by atoms with Crippen LogP contribution < -0.4 is 4.74 Å². The van der Waals surface area contributed by atoms with Gasteiger partial charge in [0.15, 0.2) is 0 Å². The second-order valence-corrected chi connectivity index (χ2v) is 6.89. The van der Waals surface area contributed by atoms with Crippen molar-refractivity contribution >= 4 is 23.1 Å². The smallest absolute Gasteiger partial charge is 0.295 e. The number of likely N-dealkylation sites (tertiary alicyclic amines) is 1. The molecule has 30 heavy (non-hydrogen) atoms. The Morgan fingerprint density at radius 3 is 2.43 bits per heavy atom. The summed E-state index contributed by atoms with van der Waals surface area (Å²) in [7, 11) is 1.50. The van der Waals surface area contributed by atoms with Crippen LogP contribution in [0.5, 0.6) is 5.75 Å². The zero-order valence-corrected chi connectivity index (χ0v) is 16.7. The molecular weight excluding hydrogens is 388 g/mol. The molecule has 1 saturated heterocycles. The predicted octanol–water partition coefficient (Wildman–Crippen LogP) is 3.83. The number of nitro groups is 1. The van der Waals surface area contributed by atoms with Crippen molar-refractivity contribution in [2.45, 2.75) is 25.8 Å². The van der Waals surface area contributed by atoms with Gasteiger partial charge in [-0.3, -0.25) is 19.7 Å². The number of ketones is 1. The summed E-state index contributed by atoms with van der Waals surface area (Å²) in [5.41, 5.74) is 0.128. The van der Waals surface area contributed by atoms with Gasteiger partial charge in [0, 0.05) is 18.2 Å². The number of methoxy groups -OCH3 is 1. The molecule has 8 nitrogen and oxygen atoms in total. The minimum atomic E-state index is -1.04. The van der Waals surface area contributed by atoms with E-state index >= 15 is 0 Å². The highest BCUT2D eigenvalue weighted by molar-refractivity contribution is 6.46. The molecule has 1 heterocycles. The molecule has 0 bridgehead atoms. The van der Waals surface area contributed by atoms with Crippen molar-refractivity contribution in [2.75, 3.05) is 13.7 Å². The number of unbranched alkanes of at least 4 members (excludes halogenated alkanes) is 1. The van der Waals surface area contributed by atoms with E-state index in [2.05, 4.69) is 0 Å². The van der Waals surface area contributed by atoms with Gasteiger partial charge < -0.3 is 14.7 Å². The highest BCUT2D eigenvalue weighted by atomic mass is 16.6. The van der Waals surface area contributed by atoms with Gasteiger partial charge >= 0.3 is 0 Å². The monoisotopic (exact) mass is 410 g/mol. The molecule has 0 spiro atoms. The molecule has 0 saturated carbocycles. The lowest BCUT2D eigenvalue weighted by Gasteiger charge is -2.25. The maximum Gasteiger partial charge on any atom is 0.295 e. The van der Waals surface area contributed by atoms with E-state index in [1.165, 1.54) is 30.2 Å². The Morgan fingerprint density at radius 1 is 1.17 bits per heavy atom. The van der Waals surface area contributed by atoms with Crippen LogP contribution in [0.1, 0.15) is 36.9 Å². The van der Waals surface area contributed by atoms with E-state index in [0.717, 1.165) is 6.42 Å². The second-order valence-electron chi connectivity index (χ2n) is 6.89. The summed E-state index contributed by atoms with van der Waals surface area (Å²) in [6.07, 6.45) is 1.39. The number of hydrogen-bond acceptors (Lipinski definition) is 6. The largest absolute Gasteiger partial charge is 0.507 e. The molecule has 3 rings (SSSR count). The Kier molecular flexibility index (Phi) is 6.15. The predicted molar refractivity (Wildman–Crippen MR) is 110 cm³/mol. The van der Waals surface area contributed by atoms with Gasteiger partial charge in [-0.05, 0) is 36.8 Å². The average molecular weight is 410 g/mol. The lowest BCUT2D eigenvalue weighted by atomic mass is 9.94. The van der Waals surface area contributed by atoms with Gasteiger partial charge in [-0.1, -0.05) is 25.5 Å². The van der Waals surface area contributed by atoms with Gasteiger partial charge in [0.25, 0.3) is 17.4 Å². The number of Topliss-reactive ketones (excluding diaryl/α,β-unsaturated/α-hetero) is 1. The highest BCUT2D eigenvalue weighted by Crippen LogP contribution is 2.42. The van der Waals surface area contributed by atoms with Crippen molar-refractivity contribution in [2.24, 2.45) is 0 Å². The molecule has 8 heteroatoms. The first-order valence-electron chi connectivity index (χ1n) is 9.56. The number of ether oxygens (including phenoxy) is 1. The summed E-state index contributed by atoms with van der Waals surface area (Å²) in [5, 5.41) is 22.5. The number of rotatable bonds is 7. The van der Waals surface area contributed by atoms with Crippen LogP contribution in [0.25, 0.3) is 5.76 Å². The Hall–Kier alpha value is -3.68. The molecule has 0 aliphatic carbocycles. The molecule has 1 N–H and O–H groups in total. The standard InChI is InChI=1S/C22H22N2O6/c1-3-4-13-23-19(16-7-5-6-8-17(16)24(28)29)18(21(26)22(23)27)20(25)14-9-11-15(30-2)12-10-14/h5-12,19,25H,3-4,13H2,1-2H3/b20-18+/t19-/m0/s1. The van der Waals surface area contributed by atoms with Gasteiger partial charge in [0.1, 0.15) is 11.5 Å². The number of amides is 1. The fraction of sp³-hybridized carbons (Fsp3) is 0.273. The van der Waals surface area contributed by atoms with Crippen LogP contribution in [0, 0.1) is 10.1 Å². The molecular formula is C22H22N2O6. The molecule has 0 unspecified atom stereocenters. The maximum absolute atomic E-state index is 12.9. The number of aliphatic hydroxyl groups is 1. The van der Waals surface area contributed by atoms with E-state index in [-0.39, 0.29) is 29.1 Å². The Bertz CT molecular complexity index is 1010. The number of carbonyl (C=O) groups excluding carboxylic acids is 2. The summed E-state index contributed by atoms with van der Waals surface area (Å²) in [6.45, 7) is 2.19. The fourth-order valence-electron chi connectivity index (χ4n) is 3.55. The first-order chi connectivity index (χ1) is 14.4. The topological polar surface area (TPSA) is 110 Å². The van der Waals surface area contributed by atoms with Crippen molar-refractivity contribution in [1.82, 2.24) is 4.90 Å². The molecule has 2 aromatic rings. The molecule has 1 amide bonds. The molecule has 1 aliphatic rings. The van der Waals surface area contributed by atoms with Crippen molar-refractivity contribution in [3.63, 3.8) is 0 Å². The van der Waals surface area contributed by atoms with Gasteiger partial charge in [-0.25, -0.2) is 0 Å². The molecule has 0 radical (unpaired) electrons. The van der Waals surface area contributed by atoms with Crippen molar-refractivity contribution in [1.29, 1.82) is 0 Å². The molecule has 1 fully saturated rings. The van der Waals surface area contributed by atoms with E-state index in [0.29, 0.717) is 17.7 Å². The SMILES string of the molecule is CCCCN1C(=O)C(=O)/C(=C(/O)c2ccc(OC)cc2)[C@@H]1c1ccccc1[N+](=O)[O-]. The third-order valence-corrected chi connectivity index (χ3v) is 5.08. The van der Waals surface area contributed by atoms with Crippen molar-refractivity contribution in [3.05, 3.63) is 75.3 Å². The average Bonchev–Trinajstić information content (AvgIpc) is 3.01. The van der Waals surface area contributed by atoms with E-state index in [4.69, 9.17) is 4.74 Å². The number of nitrogens with zero attached hydrogens (tertiary/aromatic N) is 2. The number of benzene rings is 2. The van der Waals surface area contributed by atoms with Crippen LogP contribution in [0.15, 0.2) is 54.1 Å². The normalized spacial score (nSPS) is 17.9. The summed E-state index contributed by atoms with van der Waals surface area (Å²) in [4.78, 5) is 38.0. The van der Waals surface area contributed by atoms with Crippen molar-refractivity contribution < 1.29 is 24.4 Å². The third kappa shape index (κ3) is 3.76. The zero-order chi connectivity index (χ0) is 21.8. The van der Waals surface area contributed by atoms with Crippen LogP contribution in [-0.4, -0.2) is 40.3 Å². The Balaban J connectivity index is 2.21. The molecule has 0 aromatic heterocycles. The Morgan fingerprint density at radius 2 is 1.83 bits per heavy atom. The lowest BCUT2D eigenvalue weighted by molar-refractivity contribution is -0.385. The quantitative estimate of drug-likeness (QED) is 0.244. The van der Waals surface area contributed by atoms with E-state index in [9.17, 15) is 24.8 Å². The first kappa shape index (κ1) is 21.0. The number of para-hydroxylation sites is 1. The van der Waals surface area contributed by atoms with Crippen molar-refractivity contribution in [3.8, 4) is 5.75 Å². The van der Waals surface area contributed by atoms with Crippen LogP contribution in [0.2, 0.25) is 0 Å². The molecule has 2 aromatic carbocycles. The van der Waals surface area contributed by atoms with E-state index in [1.807, 2.05) is 6.92 Å². The number of hydrogen-bond donors (Lipinski definition) is 1. The van der Waals surface area contributed by atoms with E-state index in [1.54, 1.807) is 30.3 Å². The Labute approximate surface area is 173 Å². The van der Waals surface area contributed by atoms with Gasteiger partial charge in [0.2, 0.25) is 0 Å². The molecule has 1 aliphatic heterocycles. The number of carbonyl (C=O) groups is 2. The highest BCUT2D eigenvalue weighted by Gasteiger charge is 2.47. The molecule has 1 atom stereocenters. The van der Waals surface area contributed by atoms with Gasteiger partial charge in [0.05, 0.1) is 29.2 Å². The fourth-order valence-corrected chi connectivity index (χ4v) is 3.55. The summed E-state index contributed by atoms with van der Waals surface area (Å²) < 4.78 is 5.10. The summed E-state index contributed by atoms with van der Waals surface area (Å²) in [5.74, 6) is -1.45. The van der Waals surface area contributed by atoms with E-state index < -0.39 is 22.7 Å². The second kappa shape index (κ2) is 8.77. The van der Waals surface area contributed by atoms with Crippen LogP contribution in [-0.2, 0) is 9.59 Å². The van der Waals surface area contributed by atoms with Gasteiger partial charge in [-0.15, -0.1) is 0 Å². The number of nitro benzene ring substituents is 1. The first-order valence-corrected chi connectivity index (χ1v) is 9.56. The molecule has 156 valence electrons. The summed E-state index contributed by atoms with van der Waals surface area (Å²) >= 11 is 0. The van der Waals surface area contributed by atoms with Crippen LogP contribution in [0.4, 0.5) is 5.69 Å². The zero-order valence-electron chi connectivity index (χ0n) is 16.7. The minimum absolute atomic E-state index is 0.157. The van der Waals surface area contributed by atoms with Gasteiger partial charge in [-0.2, -0.15) is 0 Å². The minimum Gasteiger partial charge on any atom is -0.507 e. The summed E-state index contributed by atoms with van der Waals surface area (Å²) in [6, 6.07) is 11.3. The maximum atomic E-state index is 12.9. The van der Waals surface area contributed by atoms with Crippen LogP contribution >= 0.6 is 0 Å². The number of aliphatic hydroxyl groups excluding tert-OH is 1.